The molecule has 3 aliphatic carbocycles. The van der Waals surface area contributed by atoms with Gasteiger partial charge in [-0.2, -0.15) is 0 Å². The molecule has 3 saturated carbocycles. The molecule has 4 atom stereocenters. The summed E-state index contributed by atoms with van der Waals surface area (Å²) in [7, 11) is 0. The van der Waals surface area contributed by atoms with Gasteiger partial charge in [0.05, 0.1) is 0 Å². The topological polar surface area (TPSA) is 0 Å². The van der Waals surface area contributed by atoms with Crippen molar-refractivity contribution < 1.29 is 0 Å². The highest BCUT2D eigenvalue weighted by Crippen LogP contribution is 2.66. The zero-order chi connectivity index (χ0) is 8.18. The number of hydrogen-bond acceptors (Lipinski definition) is 0. The fourth-order valence-electron chi connectivity index (χ4n) is 4.71. The van der Waals surface area contributed by atoms with Crippen LogP contribution in [0, 0.1) is 23.2 Å². The fourth-order valence-corrected chi connectivity index (χ4v) is 4.71. The lowest BCUT2D eigenvalue weighted by molar-refractivity contribution is 0.0901. The Hall–Kier alpha value is 0. The molecule has 68 valence electrons. The maximum atomic E-state index is 2.54. The van der Waals surface area contributed by atoms with Crippen LogP contribution < -0.4 is 0 Å². The molecular weight excluding hydrogens is 144 g/mol. The van der Waals surface area contributed by atoms with E-state index in [-0.39, 0.29) is 0 Å². The standard InChI is InChI=1S/C12H20/c1-9-10-5-7-12(9)6-3-2-4-11(12)8-10/h9-11H,2-8H2,1H3/t9?,10-,11+,12-/m1/s1. The van der Waals surface area contributed by atoms with Crippen LogP contribution in [0.1, 0.15) is 51.9 Å². The van der Waals surface area contributed by atoms with Crippen molar-refractivity contribution in [3.63, 3.8) is 0 Å². The first kappa shape index (κ1) is 7.41. The molecule has 0 aromatic carbocycles. The van der Waals surface area contributed by atoms with Crippen LogP contribution in [0.3, 0.4) is 0 Å². The van der Waals surface area contributed by atoms with Crippen LogP contribution in [-0.4, -0.2) is 0 Å². The summed E-state index contributed by atoms with van der Waals surface area (Å²) < 4.78 is 0. The highest BCUT2D eigenvalue weighted by atomic mass is 14.6. The molecule has 3 aliphatic rings. The molecule has 3 rings (SSSR count). The first-order valence-corrected chi connectivity index (χ1v) is 5.83. The second kappa shape index (κ2) is 2.27. The second-order valence-electron chi connectivity index (χ2n) is 5.50. The molecule has 0 saturated heterocycles. The third-order valence-corrected chi connectivity index (χ3v) is 5.44. The first-order valence-electron chi connectivity index (χ1n) is 5.83. The minimum Gasteiger partial charge on any atom is -0.0617 e. The number of hydrogen-bond donors (Lipinski definition) is 0. The van der Waals surface area contributed by atoms with Gasteiger partial charge in [0, 0.05) is 0 Å². The molecule has 0 heterocycles. The van der Waals surface area contributed by atoms with E-state index in [1.165, 1.54) is 12.8 Å². The van der Waals surface area contributed by atoms with Crippen molar-refractivity contribution in [3.8, 4) is 0 Å². The normalized spacial score (nSPS) is 57.2. The molecule has 12 heavy (non-hydrogen) atoms. The number of rotatable bonds is 0. The Kier molecular flexibility index (Phi) is 1.40. The van der Waals surface area contributed by atoms with Crippen LogP contribution in [0.5, 0.6) is 0 Å². The van der Waals surface area contributed by atoms with E-state index >= 15 is 0 Å². The molecule has 3 fully saturated rings. The van der Waals surface area contributed by atoms with Crippen LogP contribution in [0.25, 0.3) is 0 Å². The van der Waals surface area contributed by atoms with Crippen LogP contribution in [-0.2, 0) is 0 Å². The van der Waals surface area contributed by atoms with Crippen molar-refractivity contribution in [2.24, 2.45) is 23.2 Å². The monoisotopic (exact) mass is 164 g/mol. The highest BCUT2D eigenvalue weighted by molar-refractivity contribution is 5.06. The Morgan fingerprint density at radius 2 is 2.00 bits per heavy atom. The van der Waals surface area contributed by atoms with Gasteiger partial charge < -0.3 is 0 Å². The predicted octanol–water partition coefficient (Wildman–Crippen LogP) is 3.61. The van der Waals surface area contributed by atoms with E-state index in [1.54, 1.807) is 32.1 Å². The van der Waals surface area contributed by atoms with E-state index in [0.717, 1.165) is 23.2 Å². The van der Waals surface area contributed by atoms with Gasteiger partial charge in [-0.15, -0.1) is 0 Å². The van der Waals surface area contributed by atoms with Crippen LogP contribution >= 0.6 is 0 Å². The van der Waals surface area contributed by atoms with Crippen LogP contribution in [0.4, 0.5) is 0 Å². The van der Waals surface area contributed by atoms with Gasteiger partial charge in [-0.1, -0.05) is 19.8 Å². The minimum absolute atomic E-state index is 0.864. The Bertz CT molecular complexity index is 196. The fraction of sp³-hybridized carbons (Fsp3) is 1.00. The third-order valence-electron chi connectivity index (χ3n) is 5.44. The summed E-state index contributed by atoms with van der Waals surface area (Å²) in [6.07, 6.45) is 11.0. The van der Waals surface area contributed by atoms with Gasteiger partial charge in [0.15, 0.2) is 0 Å². The molecule has 0 radical (unpaired) electrons. The molecule has 2 bridgehead atoms. The Balaban J connectivity index is 1.95. The highest BCUT2D eigenvalue weighted by Gasteiger charge is 2.56. The molecule has 0 N–H and O–H groups in total. The summed E-state index contributed by atoms with van der Waals surface area (Å²) in [4.78, 5) is 0. The van der Waals surface area contributed by atoms with Gasteiger partial charge in [0.2, 0.25) is 0 Å². The Morgan fingerprint density at radius 1 is 1.08 bits per heavy atom. The maximum absolute atomic E-state index is 2.54. The zero-order valence-corrected chi connectivity index (χ0v) is 8.18. The lowest BCUT2D eigenvalue weighted by Gasteiger charge is -2.41. The van der Waals surface area contributed by atoms with Gasteiger partial charge in [0.1, 0.15) is 0 Å². The smallest absolute Gasteiger partial charge is 0.0241 e. The quantitative estimate of drug-likeness (QED) is 0.513. The summed E-state index contributed by atoms with van der Waals surface area (Å²) in [5.74, 6) is 3.37. The van der Waals surface area contributed by atoms with E-state index in [9.17, 15) is 0 Å². The first-order chi connectivity index (χ1) is 5.83. The van der Waals surface area contributed by atoms with Gasteiger partial charge in [-0.05, 0) is 55.3 Å². The van der Waals surface area contributed by atoms with Crippen molar-refractivity contribution in [1.82, 2.24) is 0 Å². The second-order valence-corrected chi connectivity index (χ2v) is 5.50. The minimum atomic E-state index is 0.864. The predicted molar refractivity (Wildman–Crippen MR) is 50.9 cm³/mol. The van der Waals surface area contributed by atoms with Gasteiger partial charge >= 0.3 is 0 Å². The van der Waals surface area contributed by atoms with Crippen molar-refractivity contribution in [3.05, 3.63) is 0 Å². The molecule has 0 nitrogen and oxygen atoms in total. The van der Waals surface area contributed by atoms with E-state index in [0.29, 0.717) is 0 Å². The average molecular weight is 164 g/mol. The molecule has 1 unspecified atom stereocenters. The van der Waals surface area contributed by atoms with Crippen molar-refractivity contribution >= 4 is 0 Å². The van der Waals surface area contributed by atoms with E-state index in [4.69, 9.17) is 0 Å². The van der Waals surface area contributed by atoms with Crippen molar-refractivity contribution in [1.29, 1.82) is 0 Å². The van der Waals surface area contributed by atoms with Crippen LogP contribution in [0.2, 0.25) is 0 Å². The van der Waals surface area contributed by atoms with Gasteiger partial charge in [-0.25, -0.2) is 0 Å². The van der Waals surface area contributed by atoms with Gasteiger partial charge in [-0.3, -0.25) is 0 Å². The molecule has 0 aliphatic heterocycles. The maximum Gasteiger partial charge on any atom is -0.0241 e. The average Bonchev–Trinajstić information content (AvgIpc) is 2.56. The number of fused-ring (bicyclic) bond motifs is 1. The lowest BCUT2D eigenvalue weighted by atomic mass is 9.64. The Morgan fingerprint density at radius 3 is 2.75 bits per heavy atom. The molecule has 0 aromatic heterocycles. The summed E-state index contributed by atoms with van der Waals surface area (Å²) >= 11 is 0. The zero-order valence-electron chi connectivity index (χ0n) is 8.18. The lowest BCUT2D eigenvalue weighted by Crippen LogP contribution is -2.31. The largest absolute Gasteiger partial charge is 0.0617 e. The summed E-state index contributed by atoms with van der Waals surface area (Å²) in [5.41, 5.74) is 0.864. The molecule has 0 heteroatoms. The molecule has 0 aromatic rings. The molecule has 0 amide bonds. The van der Waals surface area contributed by atoms with E-state index in [1.807, 2.05) is 0 Å². The van der Waals surface area contributed by atoms with E-state index in [2.05, 4.69) is 6.92 Å². The third kappa shape index (κ3) is 0.701. The van der Waals surface area contributed by atoms with Gasteiger partial charge in [0.25, 0.3) is 0 Å². The Labute approximate surface area is 75.7 Å². The molecule has 1 spiro atoms. The SMILES string of the molecule is CC1[C@@H]2CC[C@]13CCCC[C@H]3C2. The van der Waals surface area contributed by atoms with Crippen molar-refractivity contribution in [2.75, 3.05) is 0 Å². The van der Waals surface area contributed by atoms with E-state index < -0.39 is 0 Å². The summed E-state index contributed by atoms with van der Waals surface area (Å²) in [6.45, 7) is 2.54. The summed E-state index contributed by atoms with van der Waals surface area (Å²) in [5, 5.41) is 0. The summed E-state index contributed by atoms with van der Waals surface area (Å²) in [6, 6.07) is 0. The van der Waals surface area contributed by atoms with Crippen LogP contribution in [0.15, 0.2) is 0 Å². The molecular formula is C12H20. The van der Waals surface area contributed by atoms with Crippen molar-refractivity contribution in [2.45, 2.75) is 51.9 Å².